The van der Waals surface area contributed by atoms with Crippen LogP contribution in [0.3, 0.4) is 0 Å². The van der Waals surface area contributed by atoms with Gasteiger partial charge in [-0.1, -0.05) is 24.3 Å². The van der Waals surface area contributed by atoms with Crippen LogP contribution >= 0.6 is 7.92 Å². The summed E-state index contributed by atoms with van der Waals surface area (Å²) in [6.07, 6.45) is -1.37. The summed E-state index contributed by atoms with van der Waals surface area (Å²) in [5.74, 6) is 0. The Hall–Kier alpha value is -1.88. The third-order valence-corrected chi connectivity index (χ3v) is 8.22. The lowest BCUT2D eigenvalue weighted by Gasteiger charge is -2.30. The first kappa shape index (κ1) is 21.4. The minimum absolute atomic E-state index is 0.0317. The van der Waals surface area contributed by atoms with Crippen molar-refractivity contribution < 1.29 is 22.0 Å². The molecule has 2 aliphatic rings. The summed E-state index contributed by atoms with van der Waals surface area (Å²) in [6.45, 7) is 3.52. The van der Waals surface area contributed by atoms with Gasteiger partial charge in [0, 0.05) is 45.5 Å². The Bertz CT molecular complexity index is 780. The number of nitrogens with zero attached hydrogens (tertiary/aromatic N) is 2. The van der Waals surface area contributed by atoms with Crippen molar-refractivity contribution in [2.45, 2.75) is 37.5 Å². The molecule has 2 heterocycles. The summed E-state index contributed by atoms with van der Waals surface area (Å²) in [4.78, 5) is 4.25. The SMILES string of the molecule is FC(F)(F)C(F)(F)P(c1ccc(N2CCCC2)cc1)c1ccc(N2CCCC2)cc1. The number of hydrogen-bond acceptors (Lipinski definition) is 2. The van der Waals surface area contributed by atoms with Gasteiger partial charge in [0.2, 0.25) is 0 Å². The van der Waals surface area contributed by atoms with Crippen LogP contribution < -0.4 is 20.4 Å². The first-order valence-corrected chi connectivity index (χ1v) is 11.6. The van der Waals surface area contributed by atoms with Gasteiger partial charge < -0.3 is 9.80 Å². The van der Waals surface area contributed by atoms with Crippen molar-refractivity contribution in [3.63, 3.8) is 0 Å². The molecule has 2 aromatic rings. The Kier molecular flexibility index (Phi) is 5.93. The molecule has 0 aromatic heterocycles. The van der Waals surface area contributed by atoms with E-state index in [9.17, 15) is 22.0 Å². The predicted octanol–water partition coefficient (Wildman–Crippen LogP) is 5.47. The van der Waals surface area contributed by atoms with E-state index in [1.165, 1.54) is 24.3 Å². The van der Waals surface area contributed by atoms with Gasteiger partial charge in [-0.15, -0.1) is 0 Å². The van der Waals surface area contributed by atoms with Crippen molar-refractivity contribution in [1.29, 1.82) is 0 Å². The fourth-order valence-electron chi connectivity index (χ4n) is 4.18. The highest BCUT2D eigenvalue weighted by atomic mass is 31.1. The Morgan fingerprint density at radius 1 is 0.567 bits per heavy atom. The first-order valence-electron chi connectivity index (χ1n) is 10.2. The van der Waals surface area contributed by atoms with E-state index in [-0.39, 0.29) is 10.6 Å². The van der Waals surface area contributed by atoms with Crippen molar-refractivity contribution in [2.24, 2.45) is 0 Å². The molecule has 0 aliphatic carbocycles. The number of benzene rings is 2. The van der Waals surface area contributed by atoms with Crippen LogP contribution in [0.5, 0.6) is 0 Å². The molecule has 2 aliphatic heterocycles. The highest BCUT2D eigenvalue weighted by Gasteiger charge is 2.63. The molecule has 0 radical (unpaired) electrons. The van der Waals surface area contributed by atoms with Gasteiger partial charge in [0.15, 0.2) is 0 Å². The topological polar surface area (TPSA) is 6.48 Å². The van der Waals surface area contributed by atoms with E-state index in [1.54, 1.807) is 24.3 Å². The minimum atomic E-state index is -5.61. The number of hydrogen-bond donors (Lipinski definition) is 0. The molecule has 0 unspecified atom stereocenters. The zero-order valence-electron chi connectivity index (χ0n) is 16.5. The number of alkyl halides is 5. The van der Waals surface area contributed by atoms with Gasteiger partial charge in [0.1, 0.15) is 0 Å². The Labute approximate surface area is 174 Å². The van der Waals surface area contributed by atoms with Crippen LogP contribution in [0.1, 0.15) is 25.7 Å². The lowest BCUT2D eigenvalue weighted by Crippen LogP contribution is -2.40. The van der Waals surface area contributed by atoms with E-state index in [2.05, 4.69) is 9.80 Å². The lowest BCUT2D eigenvalue weighted by atomic mass is 10.3. The predicted molar refractivity (Wildman–Crippen MR) is 113 cm³/mol. The maximum atomic E-state index is 14.7. The van der Waals surface area contributed by atoms with E-state index in [1.807, 2.05) is 0 Å². The van der Waals surface area contributed by atoms with Gasteiger partial charge in [-0.05, 0) is 60.6 Å². The normalized spacial score (nSPS) is 17.9. The quantitative estimate of drug-likeness (QED) is 0.447. The van der Waals surface area contributed by atoms with Crippen LogP contribution in [0.4, 0.5) is 33.3 Å². The third kappa shape index (κ3) is 4.14. The number of anilines is 2. The van der Waals surface area contributed by atoms with Crippen LogP contribution in [0.25, 0.3) is 0 Å². The van der Waals surface area contributed by atoms with Gasteiger partial charge in [0.05, 0.1) is 0 Å². The van der Waals surface area contributed by atoms with Crippen molar-refractivity contribution in [1.82, 2.24) is 0 Å². The molecule has 30 heavy (non-hydrogen) atoms. The van der Waals surface area contributed by atoms with Gasteiger partial charge in [-0.25, -0.2) is 0 Å². The molecule has 2 nitrogen and oxygen atoms in total. The highest BCUT2D eigenvalue weighted by molar-refractivity contribution is 7.74. The minimum Gasteiger partial charge on any atom is -0.372 e. The first-order chi connectivity index (χ1) is 14.3. The van der Waals surface area contributed by atoms with Gasteiger partial charge >= 0.3 is 11.8 Å². The average Bonchev–Trinajstić information content (AvgIpc) is 3.43. The molecule has 8 heteroatoms. The van der Waals surface area contributed by atoms with Gasteiger partial charge in [-0.3, -0.25) is 0 Å². The Balaban J connectivity index is 1.68. The van der Waals surface area contributed by atoms with E-state index < -0.39 is 19.8 Å². The van der Waals surface area contributed by atoms with Crippen molar-refractivity contribution in [2.75, 3.05) is 36.0 Å². The highest BCUT2D eigenvalue weighted by Crippen LogP contribution is 2.58. The summed E-state index contributed by atoms with van der Waals surface area (Å²) in [6, 6.07) is 12.4. The molecule has 2 saturated heterocycles. The number of rotatable bonds is 5. The monoisotopic (exact) mass is 442 g/mol. The number of halogens is 5. The van der Waals surface area contributed by atoms with E-state index in [4.69, 9.17) is 0 Å². The second-order valence-corrected chi connectivity index (χ2v) is 10.1. The molecule has 2 aromatic carbocycles. The molecular weight excluding hydrogens is 418 g/mol. The second kappa shape index (κ2) is 8.33. The molecule has 0 N–H and O–H groups in total. The van der Waals surface area contributed by atoms with E-state index in [0.717, 1.165) is 63.2 Å². The van der Waals surface area contributed by atoms with E-state index in [0.29, 0.717) is 0 Å². The van der Waals surface area contributed by atoms with Crippen molar-refractivity contribution in [3.05, 3.63) is 48.5 Å². The summed E-state index contributed by atoms with van der Waals surface area (Å²) in [5, 5.41) is 0.0633. The van der Waals surface area contributed by atoms with Crippen molar-refractivity contribution in [3.8, 4) is 0 Å². The lowest BCUT2D eigenvalue weighted by molar-refractivity contribution is -0.239. The van der Waals surface area contributed by atoms with E-state index >= 15 is 0 Å². The second-order valence-electron chi connectivity index (χ2n) is 7.80. The fourth-order valence-corrected chi connectivity index (χ4v) is 6.27. The molecule has 0 atom stereocenters. The molecular formula is C22H24F5N2P. The Morgan fingerprint density at radius 2 is 0.900 bits per heavy atom. The summed E-state index contributed by atoms with van der Waals surface area (Å²) < 4.78 is 69.4. The molecule has 4 rings (SSSR count). The van der Waals surface area contributed by atoms with Gasteiger partial charge in [-0.2, -0.15) is 22.0 Å². The van der Waals surface area contributed by atoms with Crippen LogP contribution in [0.15, 0.2) is 48.5 Å². The molecule has 0 spiro atoms. The summed E-state index contributed by atoms with van der Waals surface area (Å²) >= 11 is 0. The maximum Gasteiger partial charge on any atom is 0.458 e. The molecule has 0 bridgehead atoms. The standard InChI is InChI=1S/C22H24F5N2P/c23-21(24,25)22(26,27)30(19-9-5-17(6-10-19)28-13-1-2-14-28)20-11-7-18(8-12-20)29-15-3-4-16-29/h5-12H,1-4,13-16H2. The van der Waals surface area contributed by atoms with Crippen LogP contribution in [-0.4, -0.2) is 38.0 Å². The van der Waals surface area contributed by atoms with Crippen molar-refractivity contribution >= 4 is 29.9 Å². The molecule has 0 amide bonds. The Morgan fingerprint density at radius 3 is 1.20 bits per heavy atom. The maximum absolute atomic E-state index is 14.7. The average molecular weight is 442 g/mol. The van der Waals surface area contributed by atoms with Crippen LogP contribution in [0.2, 0.25) is 0 Å². The largest absolute Gasteiger partial charge is 0.458 e. The zero-order valence-corrected chi connectivity index (χ0v) is 17.4. The summed E-state index contributed by atoms with van der Waals surface area (Å²) in [5.41, 5.74) is -3.08. The molecule has 162 valence electrons. The molecule has 0 saturated carbocycles. The van der Waals surface area contributed by atoms with Crippen LogP contribution in [-0.2, 0) is 0 Å². The van der Waals surface area contributed by atoms with Gasteiger partial charge in [0.25, 0.3) is 0 Å². The summed E-state index contributed by atoms with van der Waals surface area (Å²) in [7, 11) is -2.93. The molecule has 2 fully saturated rings. The van der Waals surface area contributed by atoms with Crippen LogP contribution in [0, 0.1) is 0 Å². The zero-order chi connectivity index (χ0) is 21.4. The smallest absolute Gasteiger partial charge is 0.372 e. The fraction of sp³-hybridized carbons (Fsp3) is 0.455. The third-order valence-electron chi connectivity index (χ3n) is 5.78.